The van der Waals surface area contributed by atoms with Gasteiger partial charge in [-0.3, -0.25) is 4.98 Å². The van der Waals surface area contributed by atoms with Gasteiger partial charge in [0.05, 0.1) is 5.52 Å². The van der Waals surface area contributed by atoms with Crippen molar-refractivity contribution in [3.63, 3.8) is 0 Å². The molecule has 0 N–H and O–H groups in total. The van der Waals surface area contributed by atoms with Crippen molar-refractivity contribution in [3.05, 3.63) is 68.7 Å². The molecule has 46 heavy (non-hydrogen) atoms. The fourth-order valence-corrected chi connectivity index (χ4v) is 9.09. The summed E-state index contributed by atoms with van der Waals surface area (Å²) in [5, 5.41) is 33.5. The molecule has 1 aromatic carbocycles. The van der Waals surface area contributed by atoms with E-state index in [-0.39, 0.29) is 35.6 Å². The van der Waals surface area contributed by atoms with Gasteiger partial charge in [-0.2, -0.15) is 0 Å². The third kappa shape index (κ3) is 8.92. The molecule has 8 atom stereocenters. The largest absolute Gasteiger partial charge is 3.00 e. The average molecular weight is 763 g/mol. The van der Waals surface area contributed by atoms with Gasteiger partial charge in [0.2, 0.25) is 0 Å². The summed E-state index contributed by atoms with van der Waals surface area (Å²) >= 11 is 3.70. The van der Waals surface area contributed by atoms with Crippen LogP contribution in [0.4, 0.5) is 5.69 Å². The molecule has 0 radical (unpaired) electrons. The van der Waals surface area contributed by atoms with Crippen molar-refractivity contribution in [2.45, 2.75) is 101 Å². The second kappa shape index (κ2) is 18.6. The van der Waals surface area contributed by atoms with Crippen LogP contribution in [0.15, 0.2) is 36.5 Å². The maximum Gasteiger partial charge on any atom is 3.00 e. The molecule has 0 spiro atoms. The molecule has 0 amide bonds. The van der Waals surface area contributed by atoms with E-state index in [1.54, 1.807) is 0 Å². The number of hydrogen-bond donors (Lipinski definition) is 0. The van der Waals surface area contributed by atoms with Crippen LogP contribution in [0.25, 0.3) is 43.6 Å². The molecule has 2 aromatic rings. The van der Waals surface area contributed by atoms with E-state index in [0.29, 0.717) is 24.2 Å². The van der Waals surface area contributed by atoms with Gasteiger partial charge in [0.15, 0.2) is 0 Å². The van der Waals surface area contributed by atoms with Crippen LogP contribution in [-0.2, 0) is 12.6 Å². The molecule has 2 aliphatic carbocycles. The van der Waals surface area contributed by atoms with Gasteiger partial charge >= 0.3 is 35.6 Å². The maximum atomic E-state index is 7.13. The number of aromatic nitrogens is 1. The molecule has 0 bridgehead atoms. The Hall–Kier alpha value is -1.09. The Bertz CT molecular complexity index is 1210. The first kappa shape index (κ1) is 36.2. The van der Waals surface area contributed by atoms with Crippen molar-refractivity contribution in [3.8, 4) is 5.40 Å². The summed E-state index contributed by atoms with van der Waals surface area (Å²) in [7, 11) is 0. The summed E-state index contributed by atoms with van der Waals surface area (Å²) < 4.78 is 0. The van der Waals surface area contributed by atoms with Gasteiger partial charge in [0.1, 0.15) is 0 Å². The van der Waals surface area contributed by atoms with Gasteiger partial charge in [0, 0.05) is 6.20 Å². The van der Waals surface area contributed by atoms with Crippen molar-refractivity contribution in [1.29, 1.82) is 5.26 Å². The molecule has 244 valence electrons. The maximum absolute atomic E-state index is 7.13. The molecular weight excluding hydrogens is 713 g/mol. The van der Waals surface area contributed by atoms with E-state index in [2.05, 4.69) is 53.3 Å². The number of rotatable bonds is 0. The molecule has 1 aromatic heterocycles. The summed E-state index contributed by atoms with van der Waals surface area (Å²) in [4.78, 5) is 4.37. The van der Waals surface area contributed by atoms with Crippen LogP contribution in [-0.4, -0.2) is 61.9 Å². The number of nitriles is 1. The van der Waals surface area contributed by atoms with E-state index in [1.807, 2.05) is 12.3 Å². The Kier molecular flexibility index (Phi) is 14.6. The second-order valence-electron chi connectivity index (χ2n) is 13.8. The summed E-state index contributed by atoms with van der Waals surface area (Å²) in [6.45, 7) is 5.21. The molecule has 5 aliphatic heterocycles. The van der Waals surface area contributed by atoms with E-state index >= 15 is 0 Å². The van der Waals surface area contributed by atoms with Crippen LogP contribution < -0.4 is 0 Å². The van der Waals surface area contributed by atoms with Gasteiger partial charge in [-0.1, -0.05) is 130 Å². The average Bonchev–Trinajstić information content (AvgIpc) is 3.12. The fourth-order valence-electron chi connectivity index (χ4n) is 9.09. The van der Waals surface area contributed by atoms with Crippen LogP contribution in [0.1, 0.15) is 82.6 Å². The van der Waals surface area contributed by atoms with Crippen LogP contribution >= 0.6 is 0 Å². The Morgan fingerprint density at radius 1 is 0.674 bits per heavy atom. The van der Waals surface area contributed by atoms with Gasteiger partial charge in [-0.05, 0) is 17.0 Å². The molecule has 2 saturated carbocycles. The number of benzene rings is 1. The van der Waals surface area contributed by atoms with E-state index in [0.717, 1.165) is 73.0 Å². The van der Waals surface area contributed by atoms with Crippen molar-refractivity contribution in [2.24, 2.45) is 23.7 Å². The third-order valence-electron chi connectivity index (χ3n) is 11.2. The first-order valence-electron chi connectivity index (χ1n) is 17.7. The zero-order valence-corrected chi connectivity index (χ0v) is 31.7. The predicted octanol–water partition coefficient (Wildman–Crippen LogP) is 9.45. The van der Waals surface area contributed by atoms with E-state index in [4.69, 9.17) is 26.5 Å². The molecule has 6 heterocycles. The number of piperidine rings is 4. The number of nitrogens with zero attached hydrogens (tertiary/aromatic N) is 7. The molecule has 4 saturated heterocycles. The SMILES string of the molecule is C1=Cc2ccc3cccnc3c2[N-]C1.C1C[N-]C2C(C1)CCC1CCC[N-]C12.C1C[N-]C2C(C1)CCC1CCC[N-]C12.N#C[S-].[La+3]. The minimum absolute atomic E-state index is 0. The van der Waals surface area contributed by atoms with E-state index in [9.17, 15) is 0 Å². The van der Waals surface area contributed by atoms with Crippen LogP contribution in [0.5, 0.6) is 0 Å². The topological polar surface area (TPSA) is 107 Å². The third-order valence-corrected chi connectivity index (χ3v) is 11.2. The standard InChI is InChI=1S/2C12H20N2.C12H9N2.CHNS.La/c3*1-3-9-5-6-10-4-2-8-14-12(10)11(9)13-7-1;2-1-3;/h2*9-12H,1-8H2;1-7H,8H2;3H;/q2*-2;-1;;+3/p-1. The molecule has 8 unspecified atom stereocenters. The van der Waals surface area contributed by atoms with Crippen LogP contribution in [0, 0.1) is 69.9 Å². The molecule has 6 fully saturated rings. The fraction of sp³-hybridized carbons (Fsp3) is 0.676. The second-order valence-corrected chi connectivity index (χ2v) is 13.9. The number of fused-ring (bicyclic) bond motifs is 9. The van der Waals surface area contributed by atoms with Crippen LogP contribution in [0.2, 0.25) is 0 Å². The number of hydrogen-bond acceptors (Lipinski definition) is 3. The predicted molar refractivity (Wildman–Crippen MR) is 189 cm³/mol. The van der Waals surface area contributed by atoms with E-state index in [1.165, 1.54) is 88.0 Å². The van der Waals surface area contributed by atoms with Crippen molar-refractivity contribution < 1.29 is 35.6 Å². The summed E-state index contributed by atoms with van der Waals surface area (Å²) in [5.74, 6) is 3.58. The number of pyridine rings is 1. The molecule has 7 aliphatic rings. The molecule has 7 nitrogen and oxygen atoms in total. The van der Waals surface area contributed by atoms with Crippen LogP contribution in [0.3, 0.4) is 0 Å². The summed E-state index contributed by atoms with van der Waals surface area (Å²) in [6, 6.07) is 10.7. The normalized spacial score (nSPS) is 33.5. The zero-order valence-electron chi connectivity index (χ0n) is 27.3. The minimum atomic E-state index is 0. The molecule has 9 rings (SSSR count). The quantitative estimate of drug-likeness (QED) is 0.197. The Labute approximate surface area is 310 Å². The first-order chi connectivity index (χ1) is 22.3. The van der Waals surface area contributed by atoms with Gasteiger partial charge in [-0.25, -0.2) is 5.26 Å². The monoisotopic (exact) mass is 762 g/mol. The Morgan fingerprint density at radius 2 is 1.13 bits per heavy atom. The summed E-state index contributed by atoms with van der Waals surface area (Å²) in [5.41, 5.74) is 3.21. The first-order valence-corrected chi connectivity index (χ1v) is 18.1. The minimum Gasteiger partial charge on any atom is -0.696 e. The molecule has 9 heteroatoms. The van der Waals surface area contributed by atoms with Gasteiger partial charge in [0.25, 0.3) is 0 Å². The van der Waals surface area contributed by atoms with Crippen molar-refractivity contribution in [1.82, 2.24) is 4.98 Å². The Morgan fingerprint density at radius 3 is 1.59 bits per heavy atom. The van der Waals surface area contributed by atoms with E-state index < -0.39 is 0 Å². The van der Waals surface area contributed by atoms with Gasteiger partial charge in [-0.15, -0.1) is 68.7 Å². The Balaban J connectivity index is 0.000000129. The van der Waals surface area contributed by atoms with Crippen molar-refractivity contribution >= 4 is 35.3 Å². The number of thiocyanates is 1. The summed E-state index contributed by atoms with van der Waals surface area (Å²) in [6.07, 6.45) is 22.8. The van der Waals surface area contributed by atoms with Gasteiger partial charge < -0.3 is 39.2 Å². The zero-order chi connectivity index (χ0) is 30.8. The smallest absolute Gasteiger partial charge is 0.696 e. The molecular formula is C37H49LaN7S-3. The van der Waals surface area contributed by atoms with Crippen molar-refractivity contribution in [2.75, 3.05) is 32.7 Å².